The molecule has 11 heavy (non-hydrogen) atoms. The van der Waals surface area contributed by atoms with Crippen LogP contribution in [0, 0.1) is 0 Å². The number of aliphatic imine (C=N–C) groups is 1. The Hall–Kier alpha value is -1.31. The van der Waals surface area contributed by atoms with Crippen LogP contribution in [0.15, 0.2) is 41.2 Å². The lowest BCUT2D eigenvalue weighted by atomic mass is 10.2. The topological polar surface area (TPSA) is 15.6 Å². The molecule has 0 fully saturated rings. The lowest BCUT2D eigenvalue weighted by molar-refractivity contribution is 0.609. The molecule has 0 aromatic heterocycles. The highest BCUT2D eigenvalue weighted by Gasteiger charge is 2.12. The van der Waals surface area contributed by atoms with Crippen molar-refractivity contribution in [2.75, 3.05) is 6.54 Å². The highest BCUT2D eigenvalue weighted by atomic mass is 15.2. The van der Waals surface area contributed by atoms with Gasteiger partial charge in [-0.3, -0.25) is 0 Å². The third-order valence-corrected chi connectivity index (χ3v) is 1.84. The van der Waals surface area contributed by atoms with Crippen molar-refractivity contribution in [2.24, 2.45) is 4.99 Å². The molecular formula is C9H10N2. The monoisotopic (exact) mass is 146 g/mol. The van der Waals surface area contributed by atoms with E-state index in [0.717, 1.165) is 12.4 Å². The van der Waals surface area contributed by atoms with Crippen molar-refractivity contribution in [3.05, 3.63) is 36.2 Å². The Bertz CT molecular complexity index is 282. The maximum Gasteiger partial charge on any atom is 0.135 e. The van der Waals surface area contributed by atoms with Gasteiger partial charge in [0.05, 0.1) is 0 Å². The van der Waals surface area contributed by atoms with Crippen molar-refractivity contribution < 1.29 is 0 Å². The molecule has 0 aliphatic carbocycles. The summed E-state index contributed by atoms with van der Waals surface area (Å²) in [6.07, 6.45) is 10.1. The highest BCUT2D eigenvalue weighted by Crippen LogP contribution is 2.13. The van der Waals surface area contributed by atoms with Gasteiger partial charge in [0.1, 0.15) is 5.84 Å². The van der Waals surface area contributed by atoms with E-state index in [4.69, 9.17) is 0 Å². The second kappa shape index (κ2) is 2.38. The molecular weight excluding hydrogens is 136 g/mol. The summed E-state index contributed by atoms with van der Waals surface area (Å²) < 4.78 is 0. The molecule has 2 nitrogen and oxygen atoms in total. The first-order chi connectivity index (χ1) is 5.38. The zero-order chi connectivity index (χ0) is 7.68. The smallest absolute Gasteiger partial charge is 0.135 e. The molecule has 0 atom stereocenters. The molecule has 56 valence electrons. The Balaban J connectivity index is 2.40. The maximum atomic E-state index is 4.27. The quantitative estimate of drug-likeness (QED) is 0.507. The van der Waals surface area contributed by atoms with E-state index < -0.39 is 0 Å². The van der Waals surface area contributed by atoms with E-state index in [0.29, 0.717) is 0 Å². The van der Waals surface area contributed by atoms with Crippen molar-refractivity contribution in [3.8, 4) is 0 Å². The number of amidine groups is 1. The van der Waals surface area contributed by atoms with Gasteiger partial charge in [-0.05, 0) is 24.6 Å². The number of allylic oxidation sites excluding steroid dienone is 2. The predicted molar refractivity (Wildman–Crippen MR) is 46.2 cm³/mol. The standard InChI is InChI=1S/C9H10N2/c1-8-4-2-6-11-7-3-5-10-9(8)11/h2-6H,7H2,1H3. The lowest BCUT2D eigenvalue weighted by Crippen LogP contribution is -2.29. The molecule has 2 aliphatic rings. The summed E-state index contributed by atoms with van der Waals surface area (Å²) in [7, 11) is 0. The molecule has 0 saturated carbocycles. The van der Waals surface area contributed by atoms with E-state index >= 15 is 0 Å². The van der Waals surface area contributed by atoms with E-state index in [2.05, 4.69) is 29.1 Å². The van der Waals surface area contributed by atoms with Gasteiger partial charge in [-0.15, -0.1) is 0 Å². The average molecular weight is 146 g/mol. The first-order valence-electron chi connectivity index (χ1n) is 3.73. The molecule has 0 saturated heterocycles. The molecule has 0 unspecified atom stereocenters. The highest BCUT2D eigenvalue weighted by molar-refractivity contribution is 6.00. The fourth-order valence-electron chi connectivity index (χ4n) is 1.27. The van der Waals surface area contributed by atoms with Gasteiger partial charge in [0, 0.05) is 18.9 Å². The van der Waals surface area contributed by atoms with Crippen LogP contribution in [-0.4, -0.2) is 17.3 Å². The molecule has 2 heterocycles. The van der Waals surface area contributed by atoms with Crippen molar-refractivity contribution in [3.63, 3.8) is 0 Å². The fourth-order valence-corrected chi connectivity index (χ4v) is 1.27. The summed E-state index contributed by atoms with van der Waals surface area (Å²) in [5, 5.41) is 0. The van der Waals surface area contributed by atoms with Crippen molar-refractivity contribution in [1.29, 1.82) is 0 Å². The molecule has 2 heteroatoms. The second-order valence-corrected chi connectivity index (χ2v) is 2.68. The van der Waals surface area contributed by atoms with Gasteiger partial charge in [0.25, 0.3) is 0 Å². The normalized spacial score (nSPS) is 21.0. The van der Waals surface area contributed by atoms with Crippen LogP contribution >= 0.6 is 0 Å². The number of hydrogen-bond donors (Lipinski definition) is 0. The van der Waals surface area contributed by atoms with E-state index in [1.807, 2.05) is 18.4 Å². The van der Waals surface area contributed by atoms with E-state index in [1.54, 1.807) is 0 Å². The van der Waals surface area contributed by atoms with Gasteiger partial charge in [-0.25, -0.2) is 4.99 Å². The van der Waals surface area contributed by atoms with Crippen LogP contribution in [0.1, 0.15) is 6.92 Å². The summed E-state index contributed by atoms with van der Waals surface area (Å²) in [4.78, 5) is 6.41. The SMILES string of the molecule is CC1=CC=CN2CC=CN=C12. The third kappa shape index (κ3) is 1.00. The number of fused-ring (bicyclic) bond motifs is 1. The number of hydrogen-bond acceptors (Lipinski definition) is 2. The second-order valence-electron chi connectivity index (χ2n) is 2.68. The Labute approximate surface area is 66.2 Å². The van der Waals surface area contributed by atoms with Gasteiger partial charge < -0.3 is 4.90 Å². The molecule has 0 radical (unpaired) electrons. The summed E-state index contributed by atoms with van der Waals surface area (Å²) in [6.45, 7) is 3.02. The average Bonchev–Trinajstić information content (AvgIpc) is 2.06. The lowest BCUT2D eigenvalue weighted by Gasteiger charge is -2.25. The van der Waals surface area contributed by atoms with Gasteiger partial charge in [-0.2, -0.15) is 0 Å². The Morgan fingerprint density at radius 1 is 1.55 bits per heavy atom. The number of nitrogens with zero attached hydrogens (tertiary/aromatic N) is 2. The minimum absolute atomic E-state index is 0.945. The van der Waals surface area contributed by atoms with Crippen LogP contribution in [0.5, 0.6) is 0 Å². The van der Waals surface area contributed by atoms with Gasteiger partial charge in [0.15, 0.2) is 0 Å². The predicted octanol–water partition coefficient (Wildman–Crippen LogP) is 1.69. The van der Waals surface area contributed by atoms with Crippen LogP contribution in [0.25, 0.3) is 0 Å². The maximum absolute atomic E-state index is 4.27. The van der Waals surface area contributed by atoms with Crippen LogP contribution in [-0.2, 0) is 0 Å². The van der Waals surface area contributed by atoms with E-state index in [-0.39, 0.29) is 0 Å². The Kier molecular flexibility index (Phi) is 1.39. The van der Waals surface area contributed by atoms with Gasteiger partial charge in [0.2, 0.25) is 0 Å². The van der Waals surface area contributed by atoms with Crippen LogP contribution in [0.4, 0.5) is 0 Å². The fraction of sp³-hybridized carbons (Fsp3) is 0.222. The minimum atomic E-state index is 0.945. The largest absolute Gasteiger partial charge is 0.329 e. The Morgan fingerprint density at radius 3 is 3.27 bits per heavy atom. The summed E-state index contributed by atoms with van der Waals surface area (Å²) in [5.41, 5.74) is 1.23. The van der Waals surface area contributed by atoms with Crippen molar-refractivity contribution in [1.82, 2.24) is 4.90 Å². The summed E-state index contributed by atoms with van der Waals surface area (Å²) in [6, 6.07) is 0. The van der Waals surface area contributed by atoms with E-state index in [9.17, 15) is 0 Å². The van der Waals surface area contributed by atoms with Gasteiger partial charge >= 0.3 is 0 Å². The number of rotatable bonds is 0. The van der Waals surface area contributed by atoms with E-state index in [1.165, 1.54) is 5.57 Å². The molecule has 0 aromatic rings. The molecule has 2 rings (SSSR count). The van der Waals surface area contributed by atoms with Crippen molar-refractivity contribution in [2.45, 2.75) is 6.92 Å². The molecule has 0 amide bonds. The zero-order valence-corrected chi connectivity index (χ0v) is 6.49. The van der Waals surface area contributed by atoms with Crippen LogP contribution in [0.2, 0.25) is 0 Å². The first kappa shape index (κ1) is 6.40. The van der Waals surface area contributed by atoms with Crippen LogP contribution < -0.4 is 0 Å². The molecule has 0 aromatic carbocycles. The van der Waals surface area contributed by atoms with Crippen LogP contribution in [0.3, 0.4) is 0 Å². The summed E-state index contributed by atoms with van der Waals surface area (Å²) >= 11 is 0. The Morgan fingerprint density at radius 2 is 2.45 bits per heavy atom. The molecule has 0 spiro atoms. The summed E-state index contributed by atoms with van der Waals surface area (Å²) in [5.74, 6) is 1.08. The molecule has 0 bridgehead atoms. The van der Waals surface area contributed by atoms with Crippen molar-refractivity contribution >= 4 is 5.84 Å². The zero-order valence-electron chi connectivity index (χ0n) is 6.49. The molecule has 0 N–H and O–H groups in total. The minimum Gasteiger partial charge on any atom is -0.329 e. The molecule has 2 aliphatic heterocycles. The first-order valence-corrected chi connectivity index (χ1v) is 3.73. The third-order valence-electron chi connectivity index (χ3n) is 1.84. The van der Waals surface area contributed by atoms with Gasteiger partial charge in [-0.1, -0.05) is 6.08 Å².